The standard InChI is InChI=1S/C21H29Cl2N5O4/c1-3-14(2)27-10-11-28(21(31)32)18(13-27)19(29)25-6-8-26(9-7-25)20(30)24-15-4-5-16(22)17(23)12-15/h4-5,12,14,18H,3,6-11,13H2,1-2H3,(H,24,30)(H,31,32)/t14?,18-/m1/s1. The molecule has 2 atom stereocenters. The fraction of sp³-hybridized carbons (Fsp3) is 0.571. The highest BCUT2D eigenvalue weighted by Crippen LogP contribution is 2.25. The molecule has 1 aromatic rings. The largest absolute Gasteiger partial charge is 0.465 e. The third-order valence-electron chi connectivity index (χ3n) is 6.21. The number of rotatable bonds is 4. The van der Waals surface area contributed by atoms with E-state index in [2.05, 4.69) is 24.1 Å². The maximum absolute atomic E-state index is 13.2. The normalized spacial score (nSPS) is 20.8. The third-order valence-corrected chi connectivity index (χ3v) is 6.95. The number of piperazine rings is 2. The molecule has 32 heavy (non-hydrogen) atoms. The van der Waals surface area contributed by atoms with Crippen LogP contribution < -0.4 is 5.32 Å². The predicted octanol–water partition coefficient (Wildman–Crippen LogP) is 3.13. The minimum Gasteiger partial charge on any atom is -0.465 e. The van der Waals surface area contributed by atoms with Crippen LogP contribution in [0, 0.1) is 0 Å². The molecular formula is C21H29Cl2N5O4. The Morgan fingerprint density at radius 3 is 2.31 bits per heavy atom. The van der Waals surface area contributed by atoms with Crippen LogP contribution in [-0.4, -0.2) is 101 Å². The van der Waals surface area contributed by atoms with E-state index >= 15 is 0 Å². The first-order chi connectivity index (χ1) is 15.2. The summed E-state index contributed by atoms with van der Waals surface area (Å²) < 4.78 is 0. The highest BCUT2D eigenvalue weighted by atomic mass is 35.5. The van der Waals surface area contributed by atoms with Crippen molar-refractivity contribution in [2.24, 2.45) is 0 Å². The Morgan fingerprint density at radius 2 is 1.72 bits per heavy atom. The van der Waals surface area contributed by atoms with Gasteiger partial charge in [0.1, 0.15) is 6.04 Å². The summed E-state index contributed by atoms with van der Waals surface area (Å²) in [4.78, 5) is 44.2. The van der Waals surface area contributed by atoms with E-state index in [1.54, 1.807) is 28.0 Å². The number of nitrogens with zero attached hydrogens (tertiary/aromatic N) is 4. The number of anilines is 1. The van der Waals surface area contributed by atoms with Crippen molar-refractivity contribution in [3.8, 4) is 0 Å². The number of urea groups is 1. The van der Waals surface area contributed by atoms with Crippen LogP contribution in [-0.2, 0) is 4.79 Å². The Balaban J connectivity index is 1.59. The summed E-state index contributed by atoms with van der Waals surface area (Å²) in [5, 5.41) is 13.1. The van der Waals surface area contributed by atoms with E-state index in [-0.39, 0.29) is 18.0 Å². The molecule has 0 bridgehead atoms. The van der Waals surface area contributed by atoms with E-state index in [0.29, 0.717) is 61.5 Å². The molecule has 0 saturated carbocycles. The van der Waals surface area contributed by atoms with Crippen molar-refractivity contribution < 1.29 is 19.5 Å². The number of nitrogens with one attached hydrogen (secondary N) is 1. The molecule has 9 nitrogen and oxygen atoms in total. The zero-order chi connectivity index (χ0) is 23.4. The van der Waals surface area contributed by atoms with Gasteiger partial charge in [-0.1, -0.05) is 30.1 Å². The number of carbonyl (C=O) groups is 3. The van der Waals surface area contributed by atoms with Gasteiger partial charge < -0.3 is 20.2 Å². The molecule has 2 aliphatic heterocycles. The molecule has 0 aliphatic carbocycles. The number of carbonyl (C=O) groups excluding carboxylic acids is 2. The second-order valence-corrected chi connectivity index (χ2v) is 8.93. The van der Waals surface area contributed by atoms with E-state index in [9.17, 15) is 19.5 Å². The van der Waals surface area contributed by atoms with Crippen molar-refractivity contribution in [1.29, 1.82) is 0 Å². The highest BCUT2D eigenvalue weighted by molar-refractivity contribution is 6.42. The van der Waals surface area contributed by atoms with E-state index in [0.717, 1.165) is 6.42 Å². The van der Waals surface area contributed by atoms with E-state index < -0.39 is 12.1 Å². The maximum atomic E-state index is 13.2. The molecule has 2 heterocycles. The van der Waals surface area contributed by atoms with Gasteiger partial charge in [-0.15, -0.1) is 0 Å². The molecule has 0 aromatic heterocycles. The molecule has 4 amide bonds. The lowest BCUT2D eigenvalue weighted by molar-refractivity contribution is -0.140. The van der Waals surface area contributed by atoms with Gasteiger partial charge in [-0.3, -0.25) is 14.6 Å². The van der Waals surface area contributed by atoms with Crippen LogP contribution in [0.15, 0.2) is 18.2 Å². The van der Waals surface area contributed by atoms with E-state index in [1.165, 1.54) is 4.90 Å². The number of hydrogen-bond acceptors (Lipinski definition) is 4. The number of benzene rings is 1. The van der Waals surface area contributed by atoms with Gasteiger partial charge >= 0.3 is 12.1 Å². The van der Waals surface area contributed by atoms with Crippen LogP contribution in [0.3, 0.4) is 0 Å². The summed E-state index contributed by atoms with van der Waals surface area (Å²) in [5.74, 6) is -0.204. The van der Waals surface area contributed by atoms with Crippen molar-refractivity contribution in [1.82, 2.24) is 19.6 Å². The minimum atomic E-state index is -1.08. The first-order valence-electron chi connectivity index (χ1n) is 10.7. The molecule has 0 spiro atoms. The van der Waals surface area contributed by atoms with Gasteiger partial charge in [0.15, 0.2) is 0 Å². The van der Waals surface area contributed by atoms with Crippen molar-refractivity contribution in [2.45, 2.75) is 32.4 Å². The molecule has 2 fully saturated rings. The first kappa shape index (κ1) is 24.4. The molecule has 2 aliphatic rings. The summed E-state index contributed by atoms with van der Waals surface area (Å²) in [6.07, 6.45) is -0.146. The van der Waals surface area contributed by atoms with Crippen LogP contribution in [0.2, 0.25) is 10.0 Å². The highest BCUT2D eigenvalue weighted by Gasteiger charge is 2.39. The quantitative estimate of drug-likeness (QED) is 0.682. The summed E-state index contributed by atoms with van der Waals surface area (Å²) in [6.45, 7) is 6.88. The Hall–Kier alpha value is -2.23. The average Bonchev–Trinajstić information content (AvgIpc) is 2.80. The number of amides is 4. The summed E-state index contributed by atoms with van der Waals surface area (Å²) in [5.41, 5.74) is 0.535. The van der Waals surface area contributed by atoms with Gasteiger partial charge in [0, 0.05) is 57.5 Å². The molecular weight excluding hydrogens is 457 g/mol. The zero-order valence-corrected chi connectivity index (χ0v) is 19.8. The molecule has 2 saturated heterocycles. The fourth-order valence-corrected chi connectivity index (χ4v) is 4.32. The Bertz CT molecular complexity index is 863. The third kappa shape index (κ3) is 5.57. The molecule has 1 aromatic carbocycles. The Morgan fingerprint density at radius 1 is 1.06 bits per heavy atom. The summed E-state index contributed by atoms with van der Waals surface area (Å²) in [6, 6.07) is 4.11. The topological polar surface area (TPSA) is 96.4 Å². The van der Waals surface area contributed by atoms with E-state index in [4.69, 9.17) is 23.2 Å². The van der Waals surface area contributed by atoms with Gasteiger partial charge in [0.2, 0.25) is 5.91 Å². The van der Waals surface area contributed by atoms with Gasteiger partial charge in [-0.05, 0) is 31.5 Å². The lowest BCUT2D eigenvalue weighted by atomic mass is 10.1. The predicted molar refractivity (Wildman–Crippen MR) is 123 cm³/mol. The molecule has 1 unspecified atom stereocenters. The van der Waals surface area contributed by atoms with E-state index in [1.807, 2.05) is 0 Å². The Kier molecular flexibility index (Phi) is 8.08. The second-order valence-electron chi connectivity index (χ2n) is 8.12. The van der Waals surface area contributed by atoms with Crippen molar-refractivity contribution >= 4 is 46.9 Å². The van der Waals surface area contributed by atoms with Crippen LogP contribution >= 0.6 is 23.2 Å². The number of hydrogen-bond donors (Lipinski definition) is 2. The molecule has 2 N–H and O–H groups in total. The Labute approximate surface area is 197 Å². The monoisotopic (exact) mass is 485 g/mol. The van der Waals surface area contributed by atoms with Crippen LogP contribution in [0.5, 0.6) is 0 Å². The lowest BCUT2D eigenvalue weighted by Crippen LogP contribution is -2.63. The van der Waals surface area contributed by atoms with Crippen molar-refractivity contribution in [2.75, 3.05) is 51.1 Å². The minimum absolute atomic E-state index is 0.204. The SMILES string of the molecule is CCC(C)N1CCN(C(=O)O)[C@@H](C(=O)N2CCN(C(=O)Nc3ccc(Cl)c(Cl)c3)CC2)C1. The number of carboxylic acid groups (broad SMARTS) is 1. The van der Waals surface area contributed by atoms with Gasteiger partial charge in [0.05, 0.1) is 10.0 Å². The fourth-order valence-electron chi connectivity index (χ4n) is 4.02. The zero-order valence-electron chi connectivity index (χ0n) is 18.3. The maximum Gasteiger partial charge on any atom is 0.408 e. The van der Waals surface area contributed by atoms with Gasteiger partial charge in [0.25, 0.3) is 0 Å². The van der Waals surface area contributed by atoms with Gasteiger partial charge in [-0.25, -0.2) is 9.59 Å². The smallest absolute Gasteiger partial charge is 0.408 e. The number of halogens is 2. The van der Waals surface area contributed by atoms with Crippen molar-refractivity contribution in [3.05, 3.63) is 28.2 Å². The summed E-state index contributed by atoms with van der Waals surface area (Å²) >= 11 is 11.9. The van der Waals surface area contributed by atoms with Crippen LogP contribution in [0.1, 0.15) is 20.3 Å². The van der Waals surface area contributed by atoms with Gasteiger partial charge in [-0.2, -0.15) is 0 Å². The molecule has 3 rings (SSSR count). The molecule has 176 valence electrons. The molecule has 0 radical (unpaired) electrons. The van der Waals surface area contributed by atoms with Crippen molar-refractivity contribution in [3.63, 3.8) is 0 Å². The van der Waals surface area contributed by atoms with Crippen LogP contribution in [0.4, 0.5) is 15.3 Å². The lowest BCUT2D eigenvalue weighted by Gasteiger charge is -2.44. The molecule has 11 heteroatoms. The average molecular weight is 486 g/mol. The van der Waals surface area contributed by atoms with Crippen LogP contribution in [0.25, 0.3) is 0 Å². The summed E-state index contributed by atoms with van der Waals surface area (Å²) in [7, 11) is 0. The first-order valence-corrected chi connectivity index (χ1v) is 11.5. The second kappa shape index (κ2) is 10.6.